The van der Waals surface area contributed by atoms with Crippen molar-refractivity contribution in [3.63, 3.8) is 0 Å². The number of anilines is 3. The third-order valence-electron chi connectivity index (χ3n) is 7.85. The fourth-order valence-corrected chi connectivity index (χ4v) is 7.27. The van der Waals surface area contributed by atoms with Crippen molar-refractivity contribution in [1.29, 1.82) is 0 Å². The van der Waals surface area contributed by atoms with E-state index in [0.29, 0.717) is 47.8 Å². The summed E-state index contributed by atoms with van der Waals surface area (Å²) in [6.07, 6.45) is 4.47. The van der Waals surface area contributed by atoms with Gasteiger partial charge in [-0.2, -0.15) is 4.31 Å². The Kier molecular flexibility index (Phi) is 9.08. The number of carbonyl (C=O) groups is 1. The standard InChI is InChI=1S/C33H36FN5O3S/c1-3-37-29-15-14-27(32(34)33(29)35)28(19-31(40)38-26-10-6-16-36-20-26)24-13-12-22(2)25(18-24)21-39-17-7-9-23-8-4-5-11-30(23)43(39,41)42/h4-6,8,10-16,18,20,28,37H,3,7,9,17,19,21,35H2,1-2H3,(H,38,40)/t28-/m0/s1. The summed E-state index contributed by atoms with van der Waals surface area (Å²) in [6.45, 7) is 4.94. The first kappa shape index (κ1) is 30.2. The maximum absolute atomic E-state index is 15.8. The van der Waals surface area contributed by atoms with Crippen LogP contribution in [0.4, 0.5) is 21.5 Å². The third-order valence-corrected chi connectivity index (χ3v) is 9.80. The second-order valence-electron chi connectivity index (χ2n) is 10.7. The number of pyridine rings is 1. The number of rotatable bonds is 9. The summed E-state index contributed by atoms with van der Waals surface area (Å²) in [6, 6.07) is 19.6. The molecular formula is C33H36FN5O3S. The molecule has 0 fully saturated rings. The fraction of sp³-hybridized carbons (Fsp3) is 0.273. The summed E-state index contributed by atoms with van der Waals surface area (Å²) < 4.78 is 44.7. The molecule has 43 heavy (non-hydrogen) atoms. The molecule has 0 saturated heterocycles. The summed E-state index contributed by atoms with van der Waals surface area (Å²) in [7, 11) is -3.72. The van der Waals surface area contributed by atoms with Crippen molar-refractivity contribution in [2.75, 3.05) is 29.5 Å². The van der Waals surface area contributed by atoms with Crippen LogP contribution in [0.25, 0.3) is 0 Å². The van der Waals surface area contributed by atoms with Gasteiger partial charge >= 0.3 is 0 Å². The summed E-state index contributed by atoms with van der Waals surface area (Å²) in [5, 5.41) is 5.91. The van der Waals surface area contributed by atoms with Crippen LogP contribution < -0.4 is 16.4 Å². The average Bonchev–Trinajstić information content (AvgIpc) is 3.12. The van der Waals surface area contributed by atoms with E-state index in [1.807, 2.05) is 44.2 Å². The topological polar surface area (TPSA) is 117 Å². The minimum absolute atomic E-state index is 0.0151. The second kappa shape index (κ2) is 12.9. The van der Waals surface area contributed by atoms with Crippen LogP contribution in [0.5, 0.6) is 0 Å². The number of aromatic nitrogens is 1. The molecule has 8 nitrogen and oxygen atoms in total. The monoisotopic (exact) mass is 601 g/mol. The Hall–Kier alpha value is -4.28. The Bertz CT molecular complexity index is 1730. The number of sulfonamides is 1. The molecule has 0 bridgehead atoms. The molecule has 0 aliphatic carbocycles. The highest BCUT2D eigenvalue weighted by molar-refractivity contribution is 7.89. The Labute approximate surface area is 252 Å². The quantitative estimate of drug-likeness (QED) is 0.208. The minimum atomic E-state index is -3.72. The highest BCUT2D eigenvalue weighted by Crippen LogP contribution is 2.37. The number of fused-ring (bicyclic) bond motifs is 1. The molecule has 10 heteroatoms. The van der Waals surface area contributed by atoms with Gasteiger partial charge < -0.3 is 16.4 Å². The molecule has 0 radical (unpaired) electrons. The summed E-state index contributed by atoms with van der Waals surface area (Å²) in [4.78, 5) is 17.6. The summed E-state index contributed by atoms with van der Waals surface area (Å²) >= 11 is 0. The molecule has 5 rings (SSSR count). The lowest BCUT2D eigenvalue weighted by atomic mass is 9.85. The molecule has 224 valence electrons. The maximum Gasteiger partial charge on any atom is 0.243 e. The predicted octanol–water partition coefficient (Wildman–Crippen LogP) is 5.84. The van der Waals surface area contributed by atoms with Gasteiger partial charge in [-0.3, -0.25) is 9.78 Å². The van der Waals surface area contributed by atoms with Crippen molar-refractivity contribution in [3.05, 3.63) is 113 Å². The van der Waals surface area contributed by atoms with Crippen LogP contribution >= 0.6 is 0 Å². The Balaban J connectivity index is 1.52. The number of halogens is 1. The van der Waals surface area contributed by atoms with Gasteiger partial charge in [0, 0.05) is 38.2 Å². The van der Waals surface area contributed by atoms with E-state index in [1.54, 1.807) is 48.8 Å². The second-order valence-corrected chi connectivity index (χ2v) is 12.6. The number of nitrogens with one attached hydrogen (secondary N) is 2. The highest BCUT2D eigenvalue weighted by Gasteiger charge is 2.30. The number of aryl methyl sites for hydroxylation is 2. The summed E-state index contributed by atoms with van der Waals surface area (Å²) in [5.74, 6) is -1.59. The van der Waals surface area contributed by atoms with E-state index in [2.05, 4.69) is 15.6 Å². The fourth-order valence-electron chi connectivity index (χ4n) is 5.56. The van der Waals surface area contributed by atoms with Crippen LogP contribution in [-0.4, -0.2) is 36.7 Å². The van der Waals surface area contributed by atoms with Crippen LogP contribution in [-0.2, 0) is 27.8 Å². The Morgan fingerprint density at radius 3 is 2.70 bits per heavy atom. The zero-order chi connectivity index (χ0) is 30.6. The van der Waals surface area contributed by atoms with Crippen molar-refractivity contribution >= 4 is 33.0 Å². The lowest BCUT2D eigenvalue weighted by Crippen LogP contribution is -2.31. The van der Waals surface area contributed by atoms with Crippen molar-refractivity contribution in [2.45, 2.75) is 50.5 Å². The SMILES string of the molecule is CCNc1ccc([C@@H](CC(=O)Nc2cccnc2)c2ccc(C)c(CN3CCCc4ccccc4S3(=O)=O)c2)c(F)c1N. The molecule has 4 N–H and O–H groups in total. The number of nitrogens with zero attached hydrogens (tertiary/aromatic N) is 2. The molecule has 1 amide bonds. The van der Waals surface area contributed by atoms with Crippen molar-refractivity contribution in [1.82, 2.24) is 9.29 Å². The van der Waals surface area contributed by atoms with Gasteiger partial charge in [-0.15, -0.1) is 0 Å². The van der Waals surface area contributed by atoms with Gasteiger partial charge in [0.2, 0.25) is 15.9 Å². The number of benzene rings is 3. The molecule has 1 aromatic heterocycles. The van der Waals surface area contributed by atoms with Gasteiger partial charge in [-0.1, -0.05) is 42.5 Å². The van der Waals surface area contributed by atoms with Gasteiger partial charge in [0.25, 0.3) is 0 Å². The van der Waals surface area contributed by atoms with Crippen LogP contribution in [0.3, 0.4) is 0 Å². The molecular weight excluding hydrogens is 565 g/mol. The van der Waals surface area contributed by atoms with Crippen molar-refractivity contribution < 1.29 is 17.6 Å². The first-order chi connectivity index (χ1) is 20.7. The van der Waals surface area contributed by atoms with Crippen molar-refractivity contribution in [2.24, 2.45) is 0 Å². The van der Waals surface area contributed by atoms with Gasteiger partial charge in [-0.05, 0) is 78.8 Å². The van der Waals surface area contributed by atoms with E-state index >= 15 is 4.39 Å². The molecule has 2 heterocycles. The largest absolute Gasteiger partial charge is 0.395 e. The number of hydrogen-bond donors (Lipinski definition) is 3. The Morgan fingerprint density at radius 2 is 1.93 bits per heavy atom. The van der Waals surface area contributed by atoms with Crippen LogP contribution in [0.1, 0.15) is 53.5 Å². The van der Waals surface area contributed by atoms with E-state index in [4.69, 9.17) is 5.73 Å². The zero-order valence-electron chi connectivity index (χ0n) is 24.3. The smallest absolute Gasteiger partial charge is 0.243 e. The first-order valence-corrected chi connectivity index (χ1v) is 15.8. The van der Waals surface area contributed by atoms with Gasteiger partial charge in [-0.25, -0.2) is 12.8 Å². The van der Waals surface area contributed by atoms with Crippen LogP contribution in [0.15, 0.2) is 84.0 Å². The highest BCUT2D eigenvalue weighted by atomic mass is 32.2. The lowest BCUT2D eigenvalue weighted by Gasteiger charge is -2.24. The lowest BCUT2D eigenvalue weighted by molar-refractivity contribution is -0.116. The van der Waals surface area contributed by atoms with Crippen molar-refractivity contribution in [3.8, 4) is 0 Å². The van der Waals surface area contributed by atoms with E-state index < -0.39 is 21.8 Å². The Morgan fingerprint density at radius 1 is 1.12 bits per heavy atom. The minimum Gasteiger partial charge on any atom is -0.395 e. The number of carbonyl (C=O) groups excluding carboxylic acids is 1. The number of nitrogens with two attached hydrogens (primary N) is 1. The normalized spacial score (nSPS) is 15.2. The van der Waals surface area contributed by atoms with E-state index in [0.717, 1.165) is 16.7 Å². The van der Waals surface area contributed by atoms with Gasteiger partial charge in [0.15, 0.2) is 5.82 Å². The molecule has 4 aromatic rings. The number of amides is 1. The number of hydrogen-bond acceptors (Lipinski definition) is 6. The molecule has 0 saturated carbocycles. The van der Waals surface area contributed by atoms with E-state index in [9.17, 15) is 13.2 Å². The third kappa shape index (κ3) is 6.55. The molecule has 0 unspecified atom stereocenters. The average molecular weight is 602 g/mol. The molecule has 1 aliphatic heterocycles. The van der Waals surface area contributed by atoms with Crippen LogP contribution in [0.2, 0.25) is 0 Å². The molecule has 0 spiro atoms. The first-order valence-electron chi connectivity index (χ1n) is 14.4. The molecule has 1 aliphatic rings. The molecule has 1 atom stereocenters. The predicted molar refractivity (Wildman–Crippen MR) is 168 cm³/mol. The maximum atomic E-state index is 15.8. The van der Waals surface area contributed by atoms with Crippen LogP contribution in [0, 0.1) is 12.7 Å². The zero-order valence-corrected chi connectivity index (χ0v) is 25.1. The molecule has 3 aromatic carbocycles. The van der Waals surface area contributed by atoms with E-state index in [1.165, 1.54) is 4.31 Å². The number of nitrogen functional groups attached to an aromatic ring is 1. The summed E-state index contributed by atoms with van der Waals surface area (Å²) in [5.41, 5.74) is 10.7. The van der Waals surface area contributed by atoms with Gasteiger partial charge in [0.05, 0.1) is 28.2 Å². The van der Waals surface area contributed by atoms with E-state index in [-0.39, 0.29) is 30.1 Å². The van der Waals surface area contributed by atoms with Gasteiger partial charge in [0.1, 0.15) is 0 Å².